The van der Waals surface area contributed by atoms with Gasteiger partial charge >= 0.3 is 0 Å². The number of aromatic nitrogens is 2. The molecule has 2 aliphatic carbocycles. The number of rotatable bonds is 6. The summed E-state index contributed by atoms with van der Waals surface area (Å²) in [7, 11) is 0. The Morgan fingerprint density at radius 1 is 0.482 bits per heavy atom. The molecule has 2 aliphatic rings. The summed E-state index contributed by atoms with van der Waals surface area (Å²) in [4.78, 5) is 12.2. The summed E-state index contributed by atoms with van der Waals surface area (Å²) in [6.07, 6.45) is 6.81. The Bertz CT molecular complexity index is 2850. The lowest BCUT2D eigenvalue weighted by Crippen LogP contribution is -2.28. The van der Waals surface area contributed by atoms with Crippen molar-refractivity contribution in [2.45, 2.75) is 18.3 Å². The summed E-state index contributed by atoms with van der Waals surface area (Å²) in [5, 5.41) is 1.39. The molecule has 264 valence electrons. The molecule has 0 bridgehead atoms. The maximum absolute atomic E-state index is 5.38. The molecule has 3 heteroatoms. The first-order chi connectivity index (χ1) is 27.8. The molecule has 0 spiro atoms. The lowest BCUT2D eigenvalue weighted by molar-refractivity contribution is 0.768. The Hall–Kier alpha value is -6.68. The van der Waals surface area contributed by atoms with Gasteiger partial charge in [-0.15, -0.1) is 11.3 Å². The quantitative estimate of drug-likeness (QED) is 0.170. The van der Waals surface area contributed by atoms with Gasteiger partial charge < -0.3 is 0 Å². The van der Waals surface area contributed by atoms with Crippen LogP contribution in [-0.4, -0.2) is 9.97 Å². The van der Waals surface area contributed by atoms with Crippen molar-refractivity contribution in [1.29, 1.82) is 0 Å². The molecule has 7 aromatic carbocycles. The third-order valence-electron chi connectivity index (χ3n) is 11.7. The van der Waals surface area contributed by atoms with Crippen molar-refractivity contribution in [2.24, 2.45) is 0 Å². The highest BCUT2D eigenvalue weighted by Gasteiger charge is 2.47. The minimum Gasteiger partial charge on any atom is -0.228 e. The molecule has 9 aromatic rings. The molecule has 2 heterocycles. The van der Waals surface area contributed by atoms with E-state index >= 15 is 0 Å². The molecule has 0 saturated heterocycles. The molecule has 0 unspecified atom stereocenters. The number of hydrogen-bond donors (Lipinski definition) is 0. The third-order valence-corrected chi connectivity index (χ3v) is 12.8. The summed E-state index contributed by atoms with van der Waals surface area (Å²) in [6.45, 7) is 0. The number of aryl methyl sites for hydroxylation is 1. The van der Waals surface area contributed by atoms with Gasteiger partial charge in [-0.1, -0.05) is 164 Å². The van der Waals surface area contributed by atoms with Gasteiger partial charge in [0.15, 0.2) is 5.82 Å². The van der Waals surface area contributed by atoms with Crippen molar-refractivity contribution in [3.8, 4) is 56.2 Å². The van der Waals surface area contributed by atoms with Crippen molar-refractivity contribution in [3.63, 3.8) is 0 Å². The zero-order chi connectivity index (χ0) is 37.1. The van der Waals surface area contributed by atoms with E-state index in [9.17, 15) is 0 Å². The normalized spacial score (nSPS) is 13.6. The topological polar surface area (TPSA) is 25.8 Å². The third kappa shape index (κ3) is 5.16. The monoisotopic (exact) mass is 732 g/mol. The first-order valence-electron chi connectivity index (χ1n) is 19.4. The Labute approximate surface area is 331 Å². The Kier molecular flexibility index (Phi) is 7.75. The molecule has 2 aromatic heterocycles. The molecule has 0 N–H and O–H groups in total. The van der Waals surface area contributed by atoms with Crippen molar-refractivity contribution >= 4 is 27.5 Å². The molecule has 0 saturated carbocycles. The number of thiophene rings is 1. The van der Waals surface area contributed by atoms with Crippen LogP contribution in [0.4, 0.5) is 0 Å². The van der Waals surface area contributed by atoms with Crippen LogP contribution < -0.4 is 0 Å². The Morgan fingerprint density at radius 3 is 1.75 bits per heavy atom. The average molecular weight is 733 g/mol. The van der Waals surface area contributed by atoms with Crippen LogP contribution in [0.2, 0.25) is 0 Å². The summed E-state index contributed by atoms with van der Waals surface area (Å²) in [5.74, 6) is 0.717. The molecule has 0 aliphatic heterocycles. The fourth-order valence-electron chi connectivity index (χ4n) is 9.15. The van der Waals surface area contributed by atoms with Gasteiger partial charge in [-0.2, -0.15) is 0 Å². The molecular formula is C53H36N2S. The molecule has 2 nitrogen and oxygen atoms in total. The van der Waals surface area contributed by atoms with E-state index in [4.69, 9.17) is 9.97 Å². The standard InChI is InChI=1S/C53H36N2S/c1-5-16-35(17-6-1)47-34-48(36-18-7-2-8-19-36)55-52(54-47)42-25-15-26-46-51(42)44-33-37(38-29-31-50-43(32-38)41-24-13-14-27-49(41)56-50)28-30-45(44)53(46,39-20-9-3-10-21-39)40-22-11-4-12-23-40/h1-12,14-23,25-34H,13,24H2. The van der Waals surface area contributed by atoms with Crippen LogP contribution in [0.15, 0.2) is 188 Å². The second kappa shape index (κ2) is 13.3. The van der Waals surface area contributed by atoms with E-state index in [0.717, 1.165) is 46.7 Å². The van der Waals surface area contributed by atoms with Crippen molar-refractivity contribution in [1.82, 2.24) is 9.97 Å². The van der Waals surface area contributed by atoms with Gasteiger partial charge in [0, 0.05) is 26.3 Å². The van der Waals surface area contributed by atoms with Crippen LogP contribution in [0.3, 0.4) is 0 Å². The molecular weight excluding hydrogens is 697 g/mol. The highest BCUT2D eigenvalue weighted by atomic mass is 32.1. The fraction of sp³-hybridized carbons (Fsp3) is 0.0566. The maximum atomic E-state index is 5.38. The predicted molar refractivity (Wildman–Crippen MR) is 234 cm³/mol. The number of hydrogen-bond acceptors (Lipinski definition) is 3. The van der Waals surface area contributed by atoms with Gasteiger partial charge in [0.2, 0.25) is 0 Å². The second-order valence-electron chi connectivity index (χ2n) is 14.8. The molecule has 0 fully saturated rings. The zero-order valence-corrected chi connectivity index (χ0v) is 31.5. The summed E-state index contributed by atoms with van der Waals surface area (Å²) in [6, 6.07) is 66.0. The lowest BCUT2D eigenvalue weighted by Gasteiger charge is -2.34. The maximum Gasteiger partial charge on any atom is 0.161 e. The molecule has 0 radical (unpaired) electrons. The first kappa shape index (κ1) is 32.7. The van der Waals surface area contributed by atoms with Crippen molar-refractivity contribution in [2.75, 3.05) is 0 Å². The number of benzene rings is 7. The van der Waals surface area contributed by atoms with Crippen LogP contribution >= 0.6 is 11.3 Å². The minimum absolute atomic E-state index is 0.552. The van der Waals surface area contributed by atoms with E-state index in [1.807, 2.05) is 11.3 Å². The minimum atomic E-state index is -0.552. The van der Waals surface area contributed by atoms with E-state index in [1.165, 1.54) is 65.0 Å². The number of fused-ring (bicyclic) bond motifs is 6. The van der Waals surface area contributed by atoms with E-state index in [1.54, 1.807) is 0 Å². The summed E-state index contributed by atoms with van der Waals surface area (Å²) >= 11 is 1.91. The van der Waals surface area contributed by atoms with Crippen LogP contribution in [0, 0.1) is 0 Å². The van der Waals surface area contributed by atoms with Crippen molar-refractivity contribution in [3.05, 3.63) is 221 Å². The summed E-state index contributed by atoms with van der Waals surface area (Å²) in [5.41, 5.74) is 15.7. The highest BCUT2D eigenvalue weighted by Crippen LogP contribution is 2.58. The smallest absolute Gasteiger partial charge is 0.161 e. The largest absolute Gasteiger partial charge is 0.228 e. The average Bonchev–Trinajstić information content (AvgIpc) is 3.81. The predicted octanol–water partition coefficient (Wildman–Crippen LogP) is 13.7. The Balaban J connectivity index is 1.20. The molecule has 56 heavy (non-hydrogen) atoms. The van der Waals surface area contributed by atoms with E-state index in [0.29, 0.717) is 0 Å². The van der Waals surface area contributed by atoms with Crippen molar-refractivity contribution < 1.29 is 0 Å². The molecule has 0 atom stereocenters. The van der Waals surface area contributed by atoms with Gasteiger partial charge in [-0.25, -0.2) is 9.97 Å². The number of nitrogens with zero attached hydrogens (tertiary/aromatic N) is 2. The van der Waals surface area contributed by atoms with Crippen LogP contribution in [0.1, 0.15) is 39.1 Å². The van der Waals surface area contributed by atoms with Gasteiger partial charge in [0.05, 0.1) is 16.8 Å². The van der Waals surface area contributed by atoms with Gasteiger partial charge in [-0.05, 0) is 98.6 Å². The van der Waals surface area contributed by atoms with Crippen LogP contribution in [-0.2, 0) is 11.8 Å². The van der Waals surface area contributed by atoms with E-state index in [-0.39, 0.29) is 0 Å². The van der Waals surface area contributed by atoms with Gasteiger partial charge in [0.25, 0.3) is 0 Å². The highest BCUT2D eigenvalue weighted by molar-refractivity contribution is 7.20. The molecule has 11 rings (SSSR count). The molecule has 0 amide bonds. The van der Waals surface area contributed by atoms with Gasteiger partial charge in [0.1, 0.15) is 0 Å². The van der Waals surface area contributed by atoms with Gasteiger partial charge in [-0.3, -0.25) is 0 Å². The van der Waals surface area contributed by atoms with Crippen LogP contribution in [0.5, 0.6) is 0 Å². The SMILES string of the molecule is C1=Cc2sc3ccc(-c4ccc5c(c4)-c4c(-c6nc(-c7ccccc7)cc(-c7ccccc7)n6)cccc4C5(c4ccccc4)c4ccccc4)cc3c2CC1. The fourth-order valence-corrected chi connectivity index (χ4v) is 10.3. The van der Waals surface area contributed by atoms with E-state index < -0.39 is 5.41 Å². The number of allylic oxidation sites excluding steroid dienone is 1. The summed E-state index contributed by atoms with van der Waals surface area (Å²) < 4.78 is 1.36. The van der Waals surface area contributed by atoms with E-state index in [2.05, 4.69) is 194 Å². The Morgan fingerprint density at radius 2 is 1.09 bits per heavy atom. The lowest BCUT2D eigenvalue weighted by atomic mass is 9.67. The first-order valence-corrected chi connectivity index (χ1v) is 20.2. The van der Waals surface area contributed by atoms with Crippen LogP contribution in [0.25, 0.3) is 72.3 Å². The second-order valence-corrected chi connectivity index (χ2v) is 15.8. The zero-order valence-electron chi connectivity index (χ0n) is 30.7.